The lowest BCUT2D eigenvalue weighted by Crippen LogP contribution is -2.45. The highest BCUT2D eigenvalue weighted by atomic mass is 32.2. The lowest BCUT2D eigenvalue weighted by molar-refractivity contribution is 0.102. The van der Waals surface area contributed by atoms with Gasteiger partial charge in [-0.05, 0) is 72.5 Å². The van der Waals surface area contributed by atoms with Crippen LogP contribution in [0.1, 0.15) is 32.6 Å². The number of para-hydroxylation sites is 1. The molecule has 0 spiro atoms. The fourth-order valence-electron chi connectivity index (χ4n) is 5.06. The van der Waals surface area contributed by atoms with Gasteiger partial charge >= 0.3 is 0 Å². The molecule has 212 valence electrons. The van der Waals surface area contributed by atoms with Gasteiger partial charge in [0.1, 0.15) is 0 Å². The maximum absolute atomic E-state index is 12.9. The van der Waals surface area contributed by atoms with Crippen molar-refractivity contribution < 1.29 is 13.2 Å². The summed E-state index contributed by atoms with van der Waals surface area (Å²) in [6.45, 7) is 9.68. The highest BCUT2D eigenvalue weighted by molar-refractivity contribution is 7.92. The number of rotatable bonds is 9. The van der Waals surface area contributed by atoms with Gasteiger partial charge in [0, 0.05) is 50.5 Å². The first-order chi connectivity index (χ1) is 19.8. The molecule has 1 fully saturated rings. The molecule has 1 heterocycles. The van der Waals surface area contributed by atoms with Crippen LogP contribution in [0.3, 0.4) is 0 Å². The molecule has 1 saturated heterocycles. The Morgan fingerprint density at radius 2 is 1.22 bits per heavy atom. The van der Waals surface area contributed by atoms with Crippen LogP contribution >= 0.6 is 0 Å². The van der Waals surface area contributed by atoms with Crippen molar-refractivity contribution in [2.75, 3.05) is 36.2 Å². The number of aryl methyl sites for hydroxylation is 2. The number of hydrogen-bond acceptors (Lipinski definition) is 5. The Kier molecular flexibility index (Phi) is 8.83. The predicted molar refractivity (Wildman–Crippen MR) is 165 cm³/mol. The lowest BCUT2D eigenvalue weighted by Gasteiger charge is -2.34. The lowest BCUT2D eigenvalue weighted by atomic mass is 10.1. The molecule has 0 unspecified atom stereocenters. The topological polar surface area (TPSA) is 81.8 Å². The molecule has 4 aromatic carbocycles. The van der Waals surface area contributed by atoms with Gasteiger partial charge in [0.2, 0.25) is 0 Å². The van der Waals surface area contributed by atoms with Crippen LogP contribution in [0.4, 0.5) is 11.4 Å². The average Bonchev–Trinajstić information content (AvgIpc) is 2.97. The van der Waals surface area contributed by atoms with Gasteiger partial charge in [0.15, 0.2) is 0 Å². The van der Waals surface area contributed by atoms with Gasteiger partial charge in [-0.25, -0.2) is 8.42 Å². The number of nitrogens with one attached hydrogen (secondary N) is 2. The summed E-state index contributed by atoms with van der Waals surface area (Å²) in [4.78, 5) is 17.9. The first-order valence-corrected chi connectivity index (χ1v) is 15.3. The van der Waals surface area contributed by atoms with Crippen molar-refractivity contribution >= 4 is 27.3 Å². The summed E-state index contributed by atoms with van der Waals surface area (Å²) in [7, 11) is -3.76. The molecule has 41 heavy (non-hydrogen) atoms. The maximum Gasteiger partial charge on any atom is 0.261 e. The Labute approximate surface area is 242 Å². The van der Waals surface area contributed by atoms with Crippen LogP contribution in [0.5, 0.6) is 0 Å². The van der Waals surface area contributed by atoms with E-state index in [1.807, 2.05) is 56.3 Å². The van der Waals surface area contributed by atoms with Gasteiger partial charge in [0.25, 0.3) is 15.9 Å². The highest BCUT2D eigenvalue weighted by Gasteiger charge is 2.18. The highest BCUT2D eigenvalue weighted by Crippen LogP contribution is 2.24. The van der Waals surface area contributed by atoms with Crippen molar-refractivity contribution in [1.82, 2.24) is 9.80 Å². The van der Waals surface area contributed by atoms with E-state index in [1.165, 1.54) is 23.3 Å². The molecule has 5 rings (SSSR count). The first-order valence-electron chi connectivity index (χ1n) is 13.8. The molecule has 0 radical (unpaired) electrons. The molecule has 0 aliphatic carbocycles. The smallest absolute Gasteiger partial charge is 0.261 e. The second-order valence-corrected chi connectivity index (χ2v) is 12.3. The minimum Gasteiger partial charge on any atom is -0.322 e. The maximum atomic E-state index is 12.9. The molecule has 2 N–H and O–H groups in total. The van der Waals surface area contributed by atoms with E-state index in [2.05, 4.69) is 50.2 Å². The van der Waals surface area contributed by atoms with Gasteiger partial charge in [-0.2, -0.15) is 0 Å². The van der Waals surface area contributed by atoms with Gasteiger partial charge in [-0.15, -0.1) is 0 Å². The number of sulfonamides is 1. The summed E-state index contributed by atoms with van der Waals surface area (Å²) in [6.07, 6.45) is 0. The number of amides is 1. The Bertz CT molecular complexity index is 1560. The van der Waals surface area contributed by atoms with Crippen molar-refractivity contribution in [3.8, 4) is 0 Å². The quantitative estimate of drug-likeness (QED) is 0.272. The SMILES string of the molecule is Cc1cccc(C)c1NS(=O)(=O)c1ccc(NC(=O)c2ccc(CN3CCN(Cc4ccccc4)CC3)cc2)cc1. The normalized spacial score (nSPS) is 14.5. The molecule has 1 aliphatic heterocycles. The van der Waals surface area contributed by atoms with Crippen LogP contribution in [0.25, 0.3) is 0 Å². The Hall–Kier alpha value is -3.98. The molecule has 0 atom stereocenters. The third kappa shape index (κ3) is 7.41. The number of benzene rings is 4. The zero-order valence-corrected chi connectivity index (χ0v) is 24.3. The number of carbonyl (C=O) groups excluding carboxylic acids is 1. The van der Waals surface area contributed by atoms with Gasteiger partial charge in [0.05, 0.1) is 10.6 Å². The molecule has 8 heteroatoms. The summed E-state index contributed by atoms with van der Waals surface area (Å²) in [5, 5.41) is 2.86. The number of anilines is 2. The van der Waals surface area contributed by atoms with Gasteiger partial charge in [-0.1, -0.05) is 60.7 Å². The minimum absolute atomic E-state index is 0.128. The molecule has 7 nitrogen and oxygen atoms in total. The van der Waals surface area contributed by atoms with Crippen LogP contribution in [0.15, 0.2) is 102 Å². The average molecular weight is 569 g/mol. The summed E-state index contributed by atoms with van der Waals surface area (Å²) < 4.78 is 28.5. The second-order valence-electron chi connectivity index (χ2n) is 10.6. The monoisotopic (exact) mass is 568 g/mol. The molecule has 1 aliphatic rings. The minimum atomic E-state index is -3.76. The van der Waals surface area contributed by atoms with E-state index in [0.29, 0.717) is 16.9 Å². The van der Waals surface area contributed by atoms with Gasteiger partial charge in [-0.3, -0.25) is 19.3 Å². The third-order valence-electron chi connectivity index (χ3n) is 7.48. The van der Waals surface area contributed by atoms with E-state index in [0.717, 1.165) is 50.4 Å². The van der Waals surface area contributed by atoms with Crippen LogP contribution in [-0.2, 0) is 23.1 Å². The fraction of sp³-hybridized carbons (Fsp3) is 0.242. The number of carbonyl (C=O) groups is 1. The third-order valence-corrected chi connectivity index (χ3v) is 8.84. The van der Waals surface area contributed by atoms with Crippen molar-refractivity contribution in [1.29, 1.82) is 0 Å². The summed E-state index contributed by atoms with van der Waals surface area (Å²) in [5.74, 6) is -0.240. The predicted octanol–water partition coefficient (Wildman–Crippen LogP) is 5.67. The number of hydrogen-bond donors (Lipinski definition) is 2. The molecule has 4 aromatic rings. The van der Waals surface area contributed by atoms with Crippen molar-refractivity contribution in [2.24, 2.45) is 0 Å². The fourth-order valence-corrected chi connectivity index (χ4v) is 6.26. The Morgan fingerprint density at radius 3 is 1.78 bits per heavy atom. The van der Waals surface area contributed by atoms with Gasteiger partial charge < -0.3 is 5.32 Å². The first kappa shape index (κ1) is 28.5. The van der Waals surface area contributed by atoms with E-state index in [-0.39, 0.29) is 10.8 Å². The summed E-state index contributed by atoms with van der Waals surface area (Å²) in [6, 6.07) is 30.1. The molecule has 0 aromatic heterocycles. The van der Waals surface area contributed by atoms with E-state index < -0.39 is 10.0 Å². The second kappa shape index (κ2) is 12.7. The zero-order valence-electron chi connectivity index (χ0n) is 23.5. The van der Waals surface area contributed by atoms with Crippen LogP contribution in [0.2, 0.25) is 0 Å². The van der Waals surface area contributed by atoms with Crippen molar-refractivity contribution in [3.63, 3.8) is 0 Å². The molecule has 0 bridgehead atoms. The largest absolute Gasteiger partial charge is 0.322 e. The molecule has 0 saturated carbocycles. The van der Waals surface area contributed by atoms with Crippen LogP contribution < -0.4 is 10.0 Å². The summed E-state index contributed by atoms with van der Waals surface area (Å²) >= 11 is 0. The summed E-state index contributed by atoms with van der Waals surface area (Å²) in [5.41, 5.74) is 5.88. The number of nitrogens with zero attached hydrogens (tertiary/aromatic N) is 2. The van der Waals surface area contributed by atoms with Crippen LogP contribution in [-0.4, -0.2) is 50.3 Å². The molecular weight excluding hydrogens is 532 g/mol. The Balaban J connectivity index is 1.12. The molecule has 1 amide bonds. The standard InChI is InChI=1S/C33H36N4O3S/c1-25-7-6-8-26(2)32(25)35-41(39,40)31-17-15-30(16-18-31)34-33(38)29-13-11-28(12-14-29)24-37-21-19-36(20-22-37)23-27-9-4-3-5-10-27/h3-18,35H,19-24H2,1-2H3,(H,34,38). The van der Waals surface area contributed by atoms with Crippen molar-refractivity contribution in [3.05, 3.63) is 125 Å². The number of piperazine rings is 1. The van der Waals surface area contributed by atoms with Crippen LogP contribution in [0, 0.1) is 13.8 Å². The molecular formula is C33H36N4O3S. The van der Waals surface area contributed by atoms with E-state index >= 15 is 0 Å². The van der Waals surface area contributed by atoms with E-state index in [4.69, 9.17) is 0 Å². The Morgan fingerprint density at radius 1 is 0.683 bits per heavy atom. The van der Waals surface area contributed by atoms with E-state index in [9.17, 15) is 13.2 Å². The van der Waals surface area contributed by atoms with E-state index in [1.54, 1.807) is 12.1 Å². The zero-order chi connectivity index (χ0) is 28.8. The van der Waals surface area contributed by atoms with Crippen molar-refractivity contribution in [2.45, 2.75) is 31.8 Å².